The van der Waals surface area contributed by atoms with E-state index < -0.39 is 0 Å². The summed E-state index contributed by atoms with van der Waals surface area (Å²) in [7, 11) is 0. The van der Waals surface area contributed by atoms with Crippen molar-refractivity contribution in [1.82, 2.24) is 16.0 Å². The highest BCUT2D eigenvalue weighted by Crippen LogP contribution is 2.22. The van der Waals surface area contributed by atoms with Gasteiger partial charge in [-0.3, -0.25) is 0 Å². The zero-order chi connectivity index (χ0) is 13.4. The van der Waals surface area contributed by atoms with Crippen LogP contribution in [0.3, 0.4) is 0 Å². The summed E-state index contributed by atoms with van der Waals surface area (Å²) in [6.07, 6.45) is 4.94. The first-order valence-corrected chi connectivity index (χ1v) is 7.35. The summed E-state index contributed by atoms with van der Waals surface area (Å²) < 4.78 is 0. The summed E-state index contributed by atoms with van der Waals surface area (Å²) in [6.45, 7) is 1.13. The second kappa shape index (κ2) is 4.84. The predicted octanol–water partition coefficient (Wildman–Crippen LogP) is 2.41. The maximum absolute atomic E-state index is 3.60. The fraction of sp³-hybridized carbons (Fsp3) is 0.294. The van der Waals surface area contributed by atoms with Crippen LogP contribution in [-0.2, 0) is 0 Å². The quantitative estimate of drug-likeness (QED) is 0.780. The van der Waals surface area contributed by atoms with E-state index in [4.69, 9.17) is 0 Å². The maximum atomic E-state index is 3.60. The largest absolute Gasteiger partial charge is 0.368 e. The molecule has 0 aromatic heterocycles. The topological polar surface area (TPSA) is 36.1 Å². The lowest BCUT2D eigenvalue weighted by Crippen LogP contribution is -2.47. The molecule has 0 spiro atoms. The van der Waals surface area contributed by atoms with Gasteiger partial charge >= 0.3 is 0 Å². The molecule has 2 aromatic rings. The van der Waals surface area contributed by atoms with Gasteiger partial charge in [0.25, 0.3) is 0 Å². The molecule has 0 aliphatic carbocycles. The molecule has 2 heterocycles. The lowest BCUT2D eigenvalue weighted by molar-refractivity contribution is 0.429. The van der Waals surface area contributed by atoms with Crippen LogP contribution in [0.5, 0.6) is 0 Å². The lowest BCUT2D eigenvalue weighted by atomic mass is 10.1. The summed E-state index contributed by atoms with van der Waals surface area (Å²) in [5.74, 6) is 0. The summed E-state index contributed by atoms with van der Waals surface area (Å²) in [4.78, 5) is 0. The van der Waals surface area contributed by atoms with Crippen LogP contribution in [0.25, 0.3) is 16.5 Å². The van der Waals surface area contributed by atoms with Gasteiger partial charge < -0.3 is 16.0 Å². The normalized spacial score (nSPS) is 25.3. The Morgan fingerprint density at radius 3 is 2.75 bits per heavy atom. The fourth-order valence-corrected chi connectivity index (χ4v) is 3.16. The van der Waals surface area contributed by atoms with E-state index in [0.717, 1.165) is 6.54 Å². The molecule has 3 nitrogen and oxygen atoms in total. The highest BCUT2D eigenvalue weighted by Gasteiger charge is 2.27. The van der Waals surface area contributed by atoms with Crippen LogP contribution >= 0.6 is 0 Å². The molecular weight excluding hydrogens is 246 g/mol. The molecule has 0 saturated carbocycles. The van der Waals surface area contributed by atoms with Gasteiger partial charge in [-0.1, -0.05) is 36.4 Å². The minimum Gasteiger partial charge on any atom is -0.368 e. The average molecular weight is 265 g/mol. The Labute approximate surface area is 119 Å². The molecule has 0 radical (unpaired) electrons. The first-order chi connectivity index (χ1) is 9.90. The predicted molar refractivity (Wildman–Crippen MR) is 83.0 cm³/mol. The first-order valence-electron chi connectivity index (χ1n) is 7.35. The van der Waals surface area contributed by atoms with Gasteiger partial charge in [-0.15, -0.1) is 0 Å². The van der Waals surface area contributed by atoms with E-state index >= 15 is 0 Å². The number of rotatable bonds is 2. The van der Waals surface area contributed by atoms with E-state index in [9.17, 15) is 0 Å². The molecule has 20 heavy (non-hydrogen) atoms. The van der Waals surface area contributed by atoms with Gasteiger partial charge in [0.1, 0.15) is 6.17 Å². The van der Waals surface area contributed by atoms with E-state index in [1.54, 1.807) is 0 Å². The van der Waals surface area contributed by atoms with E-state index in [2.05, 4.69) is 64.6 Å². The van der Waals surface area contributed by atoms with Gasteiger partial charge in [0.05, 0.1) is 5.70 Å². The number of benzene rings is 2. The summed E-state index contributed by atoms with van der Waals surface area (Å²) >= 11 is 0. The molecule has 2 atom stereocenters. The molecular formula is C17H19N3. The molecule has 102 valence electrons. The van der Waals surface area contributed by atoms with E-state index in [-0.39, 0.29) is 0 Å². The molecule has 0 amide bonds. The zero-order valence-corrected chi connectivity index (χ0v) is 11.4. The van der Waals surface area contributed by atoms with Gasteiger partial charge in [-0.05, 0) is 41.8 Å². The van der Waals surface area contributed by atoms with Gasteiger partial charge in [0.15, 0.2) is 0 Å². The number of fused-ring (bicyclic) bond motifs is 1. The smallest absolute Gasteiger partial charge is 0.112 e. The molecule has 1 unspecified atom stereocenters. The van der Waals surface area contributed by atoms with E-state index in [0.29, 0.717) is 12.2 Å². The van der Waals surface area contributed by atoms with Crippen molar-refractivity contribution < 1.29 is 0 Å². The summed E-state index contributed by atoms with van der Waals surface area (Å²) in [5.41, 5.74) is 2.44. The first kappa shape index (κ1) is 11.8. The third-order valence-corrected chi connectivity index (χ3v) is 4.28. The highest BCUT2D eigenvalue weighted by atomic mass is 15.2. The van der Waals surface area contributed by atoms with E-state index in [1.807, 2.05) is 0 Å². The average Bonchev–Trinajstić information content (AvgIpc) is 3.17. The number of hydrogen-bond donors (Lipinski definition) is 3. The Bertz CT molecular complexity index is 656. The second-order valence-electron chi connectivity index (χ2n) is 5.61. The monoisotopic (exact) mass is 265 g/mol. The van der Waals surface area contributed by atoms with Crippen LogP contribution in [0.15, 0.2) is 48.7 Å². The molecule has 0 bridgehead atoms. The molecule has 2 aliphatic rings. The molecule has 1 fully saturated rings. The van der Waals surface area contributed by atoms with Crippen LogP contribution < -0.4 is 16.0 Å². The standard InChI is InChI=1S/C17H19N3/c1-2-5-13-10-14(8-7-12(13)4-1)16-11-19-17(20-16)15-6-3-9-18-15/h1-2,4-5,7-8,10-11,15,17-20H,3,6,9H2/t15-,17?/m0/s1. The van der Waals surface area contributed by atoms with Gasteiger partial charge in [-0.2, -0.15) is 0 Å². The van der Waals surface area contributed by atoms with Crippen molar-refractivity contribution in [3.63, 3.8) is 0 Å². The van der Waals surface area contributed by atoms with Crippen molar-refractivity contribution >= 4 is 16.5 Å². The Morgan fingerprint density at radius 2 is 1.90 bits per heavy atom. The zero-order valence-electron chi connectivity index (χ0n) is 11.4. The summed E-state index contributed by atoms with van der Waals surface area (Å²) in [5, 5.41) is 13.2. The Kier molecular flexibility index (Phi) is 2.85. The van der Waals surface area contributed by atoms with Crippen LogP contribution in [-0.4, -0.2) is 18.8 Å². The van der Waals surface area contributed by atoms with Crippen LogP contribution in [0.4, 0.5) is 0 Å². The van der Waals surface area contributed by atoms with Gasteiger partial charge in [-0.25, -0.2) is 0 Å². The van der Waals surface area contributed by atoms with Crippen molar-refractivity contribution in [2.24, 2.45) is 0 Å². The minimum atomic E-state index is 0.318. The van der Waals surface area contributed by atoms with Crippen molar-refractivity contribution in [1.29, 1.82) is 0 Å². The Balaban J connectivity index is 1.57. The van der Waals surface area contributed by atoms with Crippen LogP contribution in [0.2, 0.25) is 0 Å². The lowest BCUT2D eigenvalue weighted by Gasteiger charge is -2.21. The van der Waals surface area contributed by atoms with E-state index in [1.165, 1.54) is 34.9 Å². The SMILES string of the molecule is C1=C(c2ccc3ccccc3c2)NC([C@@H]2CCCN2)N1. The van der Waals surface area contributed by atoms with Crippen molar-refractivity contribution in [3.05, 3.63) is 54.2 Å². The highest BCUT2D eigenvalue weighted by molar-refractivity contribution is 5.86. The maximum Gasteiger partial charge on any atom is 0.112 e. The number of hydrogen-bond acceptors (Lipinski definition) is 3. The molecule has 4 rings (SSSR count). The van der Waals surface area contributed by atoms with Crippen molar-refractivity contribution in [2.45, 2.75) is 25.0 Å². The second-order valence-corrected chi connectivity index (χ2v) is 5.61. The van der Waals surface area contributed by atoms with Gasteiger partial charge in [0.2, 0.25) is 0 Å². The third kappa shape index (κ3) is 2.04. The van der Waals surface area contributed by atoms with Gasteiger partial charge in [0, 0.05) is 12.2 Å². The molecule has 3 heteroatoms. The van der Waals surface area contributed by atoms with Crippen LogP contribution in [0.1, 0.15) is 18.4 Å². The molecule has 2 aromatic carbocycles. The Morgan fingerprint density at radius 1 is 1.00 bits per heavy atom. The van der Waals surface area contributed by atoms with Crippen molar-refractivity contribution in [2.75, 3.05) is 6.54 Å². The Hall–Kier alpha value is -2.00. The minimum absolute atomic E-state index is 0.318. The number of nitrogens with one attached hydrogen (secondary N) is 3. The molecule has 3 N–H and O–H groups in total. The van der Waals surface area contributed by atoms with Crippen LogP contribution in [0, 0.1) is 0 Å². The summed E-state index contributed by atoms with van der Waals surface area (Å²) in [6, 6.07) is 15.6. The molecule has 2 aliphatic heterocycles. The van der Waals surface area contributed by atoms with Crippen molar-refractivity contribution in [3.8, 4) is 0 Å². The third-order valence-electron chi connectivity index (χ3n) is 4.28. The fourth-order valence-electron chi connectivity index (χ4n) is 3.16. The molecule has 1 saturated heterocycles.